The molecule has 3 rings (SSSR count). The summed E-state index contributed by atoms with van der Waals surface area (Å²) in [6.45, 7) is 4.43. The third-order valence-corrected chi connectivity index (χ3v) is 6.80. The lowest BCUT2D eigenvalue weighted by Gasteiger charge is -2.36. The Labute approximate surface area is 175 Å². The Morgan fingerprint density at radius 3 is 2.79 bits per heavy atom. The molecule has 2 heterocycles. The van der Waals surface area contributed by atoms with E-state index in [1.807, 2.05) is 20.0 Å². The van der Waals surface area contributed by atoms with Crippen LogP contribution in [0.4, 0.5) is 5.69 Å². The molecule has 0 radical (unpaired) electrons. The van der Waals surface area contributed by atoms with Crippen LogP contribution in [0.5, 0.6) is 5.75 Å². The van der Waals surface area contributed by atoms with Gasteiger partial charge >= 0.3 is 0 Å². The first kappa shape index (κ1) is 21.6. The first-order chi connectivity index (χ1) is 13.7. The van der Waals surface area contributed by atoms with Gasteiger partial charge in [-0.3, -0.25) is 9.48 Å². The molecular weight excluding hydrogens is 418 g/mol. The van der Waals surface area contributed by atoms with E-state index in [1.54, 1.807) is 22.9 Å². The number of rotatable bonds is 5. The normalized spacial score (nSPS) is 21.7. The summed E-state index contributed by atoms with van der Waals surface area (Å²) in [5.74, 6) is -0.0394. The predicted octanol–water partition coefficient (Wildman–Crippen LogP) is 2.09. The first-order valence-electron chi connectivity index (χ1n) is 9.10. The zero-order valence-electron chi connectivity index (χ0n) is 16.6. The summed E-state index contributed by atoms with van der Waals surface area (Å²) in [6.07, 6.45) is 2.06. The average molecular weight is 442 g/mol. The lowest BCUT2D eigenvalue weighted by atomic mass is 10.00. The van der Waals surface area contributed by atoms with E-state index in [0.717, 1.165) is 15.6 Å². The topological polar surface area (TPSA) is 106 Å². The number of carbonyl (C=O) groups is 1. The minimum atomic E-state index is -3.86. The Hall–Kier alpha value is -2.14. The number of hydrogen-bond acceptors (Lipinski definition) is 5. The largest absolute Gasteiger partial charge is 0.495 e. The maximum absolute atomic E-state index is 13.0. The van der Waals surface area contributed by atoms with E-state index < -0.39 is 28.2 Å². The van der Waals surface area contributed by atoms with Gasteiger partial charge in [-0.05, 0) is 38.5 Å². The van der Waals surface area contributed by atoms with E-state index in [1.165, 1.54) is 14.2 Å². The van der Waals surface area contributed by atoms with Crippen molar-refractivity contribution in [2.45, 2.75) is 38.9 Å². The molecule has 158 valence electrons. The third-order valence-electron chi connectivity index (χ3n) is 4.97. The van der Waals surface area contributed by atoms with Crippen molar-refractivity contribution < 1.29 is 17.9 Å². The summed E-state index contributed by atoms with van der Waals surface area (Å²) in [5, 5.41) is 7.54. The molecule has 1 aliphatic rings. The fourth-order valence-corrected chi connectivity index (χ4v) is 4.78. The number of aromatic nitrogens is 2. The molecule has 1 aromatic carbocycles. The van der Waals surface area contributed by atoms with Gasteiger partial charge < -0.3 is 10.1 Å². The predicted molar refractivity (Wildman–Crippen MR) is 110 cm³/mol. The lowest BCUT2D eigenvalue weighted by molar-refractivity contribution is -0.120. The van der Waals surface area contributed by atoms with E-state index in [-0.39, 0.29) is 6.42 Å². The Morgan fingerprint density at radius 1 is 1.45 bits per heavy atom. The standard InChI is InChI=1S/C18H24ClN5O4S/c1-5-24-10-13(11(2)21-24)14-9-16(23(3)29(26,27)22-14)18(25)20-15-8-12(19)6-7-17(15)28-4/h6-8,10,14,16,22H,5,9H2,1-4H3,(H,20,25)/t14-,16-/m1/s1. The lowest BCUT2D eigenvalue weighted by Crippen LogP contribution is -2.56. The number of amides is 1. The zero-order valence-corrected chi connectivity index (χ0v) is 18.2. The highest BCUT2D eigenvalue weighted by Crippen LogP contribution is 2.32. The van der Waals surface area contributed by atoms with Crippen molar-refractivity contribution in [3.63, 3.8) is 0 Å². The summed E-state index contributed by atoms with van der Waals surface area (Å²) in [4.78, 5) is 13.0. The number of methoxy groups -OCH3 is 1. The minimum Gasteiger partial charge on any atom is -0.495 e. The van der Waals surface area contributed by atoms with Crippen molar-refractivity contribution in [2.75, 3.05) is 19.5 Å². The maximum Gasteiger partial charge on any atom is 0.280 e. The van der Waals surface area contributed by atoms with Crippen LogP contribution in [-0.4, -0.2) is 48.6 Å². The van der Waals surface area contributed by atoms with Crippen molar-refractivity contribution in [2.24, 2.45) is 0 Å². The highest BCUT2D eigenvalue weighted by Gasteiger charge is 2.41. The molecule has 9 nitrogen and oxygen atoms in total. The fourth-order valence-electron chi connectivity index (χ4n) is 3.34. The SMILES string of the molecule is CCn1cc([C@H]2C[C@H](C(=O)Nc3cc(Cl)ccc3OC)N(C)S(=O)(=O)N2)c(C)n1. The number of carbonyl (C=O) groups excluding carboxylic acids is 1. The van der Waals surface area contributed by atoms with E-state index >= 15 is 0 Å². The third kappa shape index (κ3) is 4.40. The molecule has 1 fully saturated rings. The van der Waals surface area contributed by atoms with E-state index in [2.05, 4.69) is 15.1 Å². The van der Waals surface area contributed by atoms with Crippen LogP contribution in [0.3, 0.4) is 0 Å². The summed E-state index contributed by atoms with van der Waals surface area (Å²) < 4.78 is 36.0. The summed E-state index contributed by atoms with van der Waals surface area (Å²) in [7, 11) is -1.00. The second kappa shape index (κ2) is 8.31. The Balaban J connectivity index is 1.89. The molecule has 1 aliphatic heterocycles. The maximum atomic E-state index is 13.0. The van der Waals surface area contributed by atoms with Gasteiger partial charge in [0.2, 0.25) is 5.91 Å². The van der Waals surface area contributed by atoms with Crippen LogP contribution in [0.25, 0.3) is 0 Å². The van der Waals surface area contributed by atoms with Crippen molar-refractivity contribution in [1.82, 2.24) is 18.8 Å². The molecule has 1 amide bonds. The molecule has 11 heteroatoms. The number of aryl methyl sites for hydroxylation is 2. The van der Waals surface area contributed by atoms with Crippen molar-refractivity contribution >= 4 is 33.4 Å². The number of likely N-dealkylation sites (N-methyl/N-ethyl adjacent to an activating group) is 1. The molecule has 0 unspecified atom stereocenters. The second-order valence-corrected chi connectivity index (χ2v) is 9.00. The monoisotopic (exact) mass is 441 g/mol. The van der Waals surface area contributed by atoms with Gasteiger partial charge in [-0.25, -0.2) is 0 Å². The van der Waals surface area contributed by atoms with Crippen LogP contribution < -0.4 is 14.8 Å². The molecule has 0 aliphatic carbocycles. The van der Waals surface area contributed by atoms with Gasteiger partial charge in [-0.2, -0.15) is 22.5 Å². The molecule has 2 aromatic rings. The summed E-state index contributed by atoms with van der Waals surface area (Å²) in [5.41, 5.74) is 1.85. The molecule has 2 N–H and O–H groups in total. The number of halogens is 1. The average Bonchev–Trinajstić information content (AvgIpc) is 3.05. The number of benzene rings is 1. The molecule has 2 atom stereocenters. The number of nitrogens with zero attached hydrogens (tertiary/aromatic N) is 3. The Kier molecular flexibility index (Phi) is 6.18. The van der Waals surface area contributed by atoms with Crippen molar-refractivity contribution in [1.29, 1.82) is 0 Å². The minimum absolute atomic E-state index is 0.251. The number of hydrogen-bond donors (Lipinski definition) is 2. The Bertz CT molecular complexity index is 1020. The van der Waals surface area contributed by atoms with Crippen LogP contribution in [0.15, 0.2) is 24.4 Å². The second-order valence-electron chi connectivity index (χ2n) is 6.80. The van der Waals surface area contributed by atoms with Crippen LogP contribution >= 0.6 is 11.6 Å². The smallest absolute Gasteiger partial charge is 0.280 e. The van der Waals surface area contributed by atoms with Gasteiger partial charge in [0.05, 0.1) is 24.5 Å². The molecule has 0 saturated carbocycles. The van der Waals surface area contributed by atoms with Gasteiger partial charge in [0.1, 0.15) is 11.8 Å². The quantitative estimate of drug-likeness (QED) is 0.739. The van der Waals surface area contributed by atoms with E-state index in [4.69, 9.17) is 16.3 Å². The van der Waals surface area contributed by atoms with E-state index in [0.29, 0.717) is 23.0 Å². The van der Waals surface area contributed by atoms with Crippen LogP contribution in [0.1, 0.15) is 30.6 Å². The van der Waals surface area contributed by atoms with E-state index in [9.17, 15) is 13.2 Å². The van der Waals surface area contributed by atoms with Gasteiger partial charge in [0, 0.05) is 30.4 Å². The Morgan fingerprint density at radius 2 is 2.17 bits per heavy atom. The van der Waals surface area contributed by atoms with Gasteiger partial charge in [-0.15, -0.1) is 0 Å². The fraction of sp³-hybridized carbons (Fsp3) is 0.444. The van der Waals surface area contributed by atoms with Crippen LogP contribution in [0.2, 0.25) is 5.02 Å². The molecule has 0 bridgehead atoms. The number of nitrogens with one attached hydrogen (secondary N) is 2. The molecular formula is C18H24ClN5O4S. The van der Waals surface area contributed by atoms with Crippen molar-refractivity contribution in [3.05, 3.63) is 40.7 Å². The number of anilines is 1. The molecule has 1 aromatic heterocycles. The van der Waals surface area contributed by atoms with Crippen LogP contribution in [-0.2, 0) is 21.5 Å². The van der Waals surface area contributed by atoms with Crippen molar-refractivity contribution in [3.8, 4) is 5.75 Å². The summed E-state index contributed by atoms with van der Waals surface area (Å²) in [6, 6.07) is 3.35. The van der Waals surface area contributed by atoms with Gasteiger partial charge in [0.25, 0.3) is 10.2 Å². The van der Waals surface area contributed by atoms with Crippen LogP contribution in [0, 0.1) is 6.92 Å². The highest BCUT2D eigenvalue weighted by molar-refractivity contribution is 7.87. The molecule has 0 spiro atoms. The molecule has 29 heavy (non-hydrogen) atoms. The summed E-state index contributed by atoms with van der Waals surface area (Å²) >= 11 is 6.02. The number of ether oxygens (including phenoxy) is 1. The van der Waals surface area contributed by atoms with Gasteiger partial charge in [0.15, 0.2) is 0 Å². The first-order valence-corrected chi connectivity index (χ1v) is 10.9. The molecule has 1 saturated heterocycles. The highest BCUT2D eigenvalue weighted by atomic mass is 35.5. The van der Waals surface area contributed by atoms with Gasteiger partial charge in [-0.1, -0.05) is 11.6 Å². The zero-order chi connectivity index (χ0) is 21.3.